The van der Waals surface area contributed by atoms with E-state index in [-0.39, 0.29) is 11.9 Å². The number of hydrogen-bond acceptors (Lipinski definition) is 7. The molecule has 0 spiro atoms. The van der Waals surface area contributed by atoms with Gasteiger partial charge in [0, 0.05) is 43.6 Å². The largest absolute Gasteiger partial charge is 0.383 e. The molecule has 1 aromatic carbocycles. The monoisotopic (exact) mass is 457 g/mol. The number of methoxy groups -OCH3 is 1. The Balaban J connectivity index is 1.44. The molecule has 1 fully saturated rings. The van der Waals surface area contributed by atoms with E-state index in [1.165, 1.54) is 17.7 Å². The van der Waals surface area contributed by atoms with Crippen molar-refractivity contribution < 1.29 is 9.53 Å². The van der Waals surface area contributed by atoms with Crippen molar-refractivity contribution in [1.82, 2.24) is 19.8 Å². The molecule has 162 valence electrons. The number of ether oxygens (including phenoxy) is 1. The number of aromatic nitrogens is 2. The van der Waals surface area contributed by atoms with Crippen molar-refractivity contribution in [3.63, 3.8) is 0 Å². The highest BCUT2D eigenvalue weighted by molar-refractivity contribution is 7.16. The lowest BCUT2D eigenvalue weighted by Gasteiger charge is -2.40. The lowest BCUT2D eigenvalue weighted by atomic mass is 10.1. The number of hydrogen-bond donors (Lipinski definition) is 1. The zero-order valence-corrected chi connectivity index (χ0v) is 18.8. The van der Waals surface area contributed by atoms with E-state index >= 15 is 0 Å². The molecule has 0 aliphatic carbocycles. The van der Waals surface area contributed by atoms with Crippen LogP contribution in [-0.2, 0) is 16.1 Å². The van der Waals surface area contributed by atoms with Crippen LogP contribution in [0.1, 0.15) is 10.4 Å². The third-order valence-corrected chi connectivity index (χ3v) is 6.54. The summed E-state index contributed by atoms with van der Waals surface area (Å²) in [5.41, 5.74) is 7.70. The van der Waals surface area contributed by atoms with Crippen molar-refractivity contribution in [2.24, 2.45) is 0 Å². The van der Waals surface area contributed by atoms with E-state index in [2.05, 4.69) is 20.9 Å². The summed E-state index contributed by atoms with van der Waals surface area (Å²) >= 11 is 7.52. The number of carbonyl (C=O) groups is 1. The van der Waals surface area contributed by atoms with E-state index in [4.69, 9.17) is 22.1 Å². The topological polar surface area (TPSA) is 84.6 Å². The summed E-state index contributed by atoms with van der Waals surface area (Å²) in [5.74, 6) is 0.530. The second kappa shape index (κ2) is 9.74. The van der Waals surface area contributed by atoms with E-state index < -0.39 is 0 Å². The van der Waals surface area contributed by atoms with Gasteiger partial charge in [-0.3, -0.25) is 9.69 Å². The first-order valence-corrected chi connectivity index (χ1v) is 11.2. The number of halogens is 1. The Hall–Kier alpha value is -2.52. The molecular formula is C22H24ClN5O2S. The molecule has 2 aromatic heterocycles. The summed E-state index contributed by atoms with van der Waals surface area (Å²) in [6, 6.07) is 9.41. The van der Waals surface area contributed by atoms with Crippen LogP contribution in [0, 0.1) is 0 Å². The molecular weight excluding hydrogens is 434 g/mol. The number of fused-ring (bicyclic) bond motifs is 1. The standard InChI is InChI=1S/C22H24ClN5O2S/c1-30-13-19-22(29)28(10-9-27(19)8-2-3-16-5-7-20(23)31-16)12-15-4-6-17-18(11-15)25-14-26-21(17)24/h2-7,11,14,19H,8-10,12-13H2,1H3,(H2,24,25,26)/t19-/m0/s1. The lowest BCUT2D eigenvalue weighted by Crippen LogP contribution is -2.58. The number of piperazine rings is 1. The van der Waals surface area contributed by atoms with Crippen molar-refractivity contribution in [3.8, 4) is 0 Å². The van der Waals surface area contributed by atoms with Gasteiger partial charge in [0.05, 0.1) is 16.5 Å². The van der Waals surface area contributed by atoms with Gasteiger partial charge in [-0.1, -0.05) is 23.7 Å². The number of amides is 1. The highest BCUT2D eigenvalue weighted by Crippen LogP contribution is 2.23. The summed E-state index contributed by atoms with van der Waals surface area (Å²) in [5, 5.41) is 0.818. The molecule has 0 unspecified atom stereocenters. The summed E-state index contributed by atoms with van der Waals surface area (Å²) in [7, 11) is 1.63. The molecule has 1 amide bonds. The molecule has 1 atom stereocenters. The fourth-order valence-corrected chi connectivity index (χ4v) is 4.75. The Labute approximate surface area is 190 Å². The van der Waals surface area contributed by atoms with Gasteiger partial charge in [0.15, 0.2) is 0 Å². The number of nitrogen functional groups attached to an aromatic ring is 1. The normalized spacial score (nSPS) is 17.8. The van der Waals surface area contributed by atoms with Gasteiger partial charge >= 0.3 is 0 Å². The Bertz CT molecular complexity index is 1100. The highest BCUT2D eigenvalue weighted by Gasteiger charge is 2.34. The van der Waals surface area contributed by atoms with Crippen LogP contribution in [0.4, 0.5) is 5.82 Å². The van der Waals surface area contributed by atoms with Crippen LogP contribution in [0.15, 0.2) is 42.7 Å². The number of benzene rings is 1. The Kier molecular flexibility index (Phi) is 6.82. The molecule has 9 heteroatoms. The van der Waals surface area contributed by atoms with Crippen LogP contribution in [0.3, 0.4) is 0 Å². The first-order chi connectivity index (χ1) is 15.0. The van der Waals surface area contributed by atoms with E-state index in [0.29, 0.717) is 32.1 Å². The summed E-state index contributed by atoms with van der Waals surface area (Å²) in [4.78, 5) is 26.7. The van der Waals surface area contributed by atoms with Gasteiger partial charge < -0.3 is 15.4 Å². The van der Waals surface area contributed by atoms with E-state index in [1.807, 2.05) is 41.3 Å². The second-order valence-corrected chi connectivity index (χ2v) is 9.13. The molecule has 1 aliphatic rings. The van der Waals surface area contributed by atoms with Crippen LogP contribution < -0.4 is 5.73 Å². The maximum absolute atomic E-state index is 13.2. The first kappa shape index (κ1) is 21.7. The third kappa shape index (κ3) is 5.04. The van der Waals surface area contributed by atoms with Gasteiger partial charge in [-0.15, -0.1) is 11.3 Å². The number of anilines is 1. The van der Waals surface area contributed by atoms with Gasteiger partial charge in [0.2, 0.25) is 5.91 Å². The van der Waals surface area contributed by atoms with Gasteiger partial charge in [0.1, 0.15) is 18.2 Å². The molecule has 3 aromatic rings. The number of nitrogens with zero attached hydrogens (tertiary/aromatic N) is 4. The molecule has 4 rings (SSSR count). The maximum atomic E-state index is 13.2. The molecule has 7 nitrogen and oxygen atoms in total. The van der Waals surface area contributed by atoms with E-state index in [9.17, 15) is 4.79 Å². The van der Waals surface area contributed by atoms with Gasteiger partial charge in [-0.2, -0.15) is 0 Å². The van der Waals surface area contributed by atoms with Crippen molar-refractivity contribution in [3.05, 3.63) is 57.5 Å². The van der Waals surface area contributed by atoms with E-state index in [0.717, 1.165) is 32.2 Å². The first-order valence-electron chi connectivity index (χ1n) is 9.98. The Morgan fingerprint density at radius 1 is 1.29 bits per heavy atom. The van der Waals surface area contributed by atoms with Crippen molar-refractivity contribution in [2.75, 3.05) is 39.1 Å². The fourth-order valence-electron chi connectivity index (χ4n) is 3.76. The molecule has 0 bridgehead atoms. The minimum absolute atomic E-state index is 0.0722. The zero-order chi connectivity index (χ0) is 21.8. The minimum atomic E-state index is -0.311. The molecule has 31 heavy (non-hydrogen) atoms. The second-order valence-electron chi connectivity index (χ2n) is 7.38. The van der Waals surface area contributed by atoms with Crippen molar-refractivity contribution in [1.29, 1.82) is 0 Å². The fraction of sp³-hybridized carbons (Fsp3) is 0.318. The molecule has 1 saturated heterocycles. The van der Waals surface area contributed by atoms with Gasteiger partial charge in [-0.25, -0.2) is 9.97 Å². The van der Waals surface area contributed by atoms with Crippen LogP contribution in [0.5, 0.6) is 0 Å². The number of thiophene rings is 1. The Morgan fingerprint density at radius 3 is 2.94 bits per heavy atom. The molecule has 0 radical (unpaired) electrons. The van der Waals surface area contributed by atoms with Crippen LogP contribution in [0.2, 0.25) is 4.34 Å². The summed E-state index contributed by atoms with van der Waals surface area (Å²) < 4.78 is 6.13. The Morgan fingerprint density at radius 2 is 2.16 bits per heavy atom. The number of carbonyl (C=O) groups excluding carboxylic acids is 1. The van der Waals surface area contributed by atoms with Crippen molar-refractivity contribution in [2.45, 2.75) is 12.6 Å². The molecule has 1 aliphatic heterocycles. The van der Waals surface area contributed by atoms with Crippen LogP contribution in [-0.4, -0.2) is 65.1 Å². The average molecular weight is 458 g/mol. The lowest BCUT2D eigenvalue weighted by molar-refractivity contribution is -0.144. The van der Waals surface area contributed by atoms with Crippen LogP contribution in [0.25, 0.3) is 17.0 Å². The zero-order valence-electron chi connectivity index (χ0n) is 17.2. The highest BCUT2D eigenvalue weighted by atomic mass is 35.5. The minimum Gasteiger partial charge on any atom is -0.383 e. The molecule has 3 heterocycles. The summed E-state index contributed by atoms with van der Waals surface area (Å²) in [6.45, 7) is 2.99. The maximum Gasteiger partial charge on any atom is 0.242 e. The van der Waals surface area contributed by atoms with E-state index in [1.54, 1.807) is 7.11 Å². The van der Waals surface area contributed by atoms with Crippen molar-refractivity contribution >= 4 is 51.6 Å². The molecule has 0 saturated carbocycles. The predicted molar refractivity (Wildman–Crippen MR) is 125 cm³/mol. The quantitative estimate of drug-likeness (QED) is 0.586. The molecule has 2 N–H and O–H groups in total. The summed E-state index contributed by atoms with van der Waals surface area (Å²) in [6.07, 6.45) is 5.57. The van der Waals surface area contributed by atoms with Crippen LogP contribution >= 0.6 is 22.9 Å². The average Bonchev–Trinajstić information content (AvgIpc) is 3.17. The smallest absolute Gasteiger partial charge is 0.242 e. The number of rotatable bonds is 7. The van der Waals surface area contributed by atoms with Gasteiger partial charge in [-0.05, 0) is 35.9 Å². The van der Waals surface area contributed by atoms with Gasteiger partial charge in [0.25, 0.3) is 0 Å². The number of nitrogens with two attached hydrogens (primary N) is 1. The SMILES string of the molecule is COC[C@H]1C(=O)N(Cc2ccc3c(N)ncnc3c2)CCN1CC=Cc1ccc(Cl)s1. The predicted octanol–water partition coefficient (Wildman–Crippen LogP) is 3.30. The third-order valence-electron chi connectivity index (χ3n) is 5.34.